The molecule has 7 heteroatoms. The standard InChI is InChI=1S/4C2H3O.H2O.2Rh/c4*1-2-3;;;/h4*1H3;1H2;;/q4*-1;;2*+2. The normalized spacial score (nSPS) is 3.47. The van der Waals surface area contributed by atoms with Crippen LogP contribution in [0.5, 0.6) is 0 Å². The molecular weight excluding hydrogens is 382 g/mol. The van der Waals surface area contributed by atoms with Crippen LogP contribution in [0, 0.1) is 0 Å². The van der Waals surface area contributed by atoms with E-state index in [0.29, 0.717) is 0 Å². The van der Waals surface area contributed by atoms with Crippen molar-refractivity contribution < 1.29 is 63.6 Å². The molecule has 2 radical (unpaired) electrons. The molecule has 0 heterocycles. The fourth-order valence-electron chi connectivity index (χ4n) is 0. The quantitative estimate of drug-likeness (QED) is 0.412. The van der Waals surface area contributed by atoms with Crippen LogP contribution < -0.4 is 0 Å². The molecule has 0 spiro atoms. The Balaban J connectivity index is -0.0000000107. The Hall–Kier alpha value is -0.113. The summed E-state index contributed by atoms with van der Waals surface area (Å²) in [6.07, 6.45) is 6.00. The Morgan fingerprint density at radius 1 is 0.533 bits per heavy atom. The minimum Gasteiger partial charge on any atom is -0.542 e. The molecule has 0 aromatic rings. The average Bonchev–Trinajstić information content (AvgIpc) is 1.92. The van der Waals surface area contributed by atoms with Gasteiger partial charge in [0, 0.05) is 0 Å². The van der Waals surface area contributed by atoms with Crippen LogP contribution in [-0.4, -0.2) is 30.6 Å². The average molecular weight is 396 g/mol. The summed E-state index contributed by atoms with van der Waals surface area (Å²) in [5, 5.41) is 0. The van der Waals surface area contributed by atoms with Gasteiger partial charge < -0.3 is 24.7 Å². The van der Waals surface area contributed by atoms with Gasteiger partial charge in [-0.05, 0) is 0 Å². The summed E-state index contributed by atoms with van der Waals surface area (Å²) >= 11 is 0. The first-order valence-corrected chi connectivity index (χ1v) is 2.82. The SMILES string of the molecule is C[C-]=O.C[C-]=O.C[C-]=O.C[C-]=O.O.[Rh+2].[Rh+2]. The molecule has 94 valence electrons. The molecular formula is C8H14O5Rh2. The Kier molecular flexibility index (Phi) is 470. The number of hydrogen-bond acceptors (Lipinski definition) is 4. The van der Waals surface area contributed by atoms with Crippen molar-refractivity contribution in [2.75, 3.05) is 0 Å². The zero-order chi connectivity index (χ0) is 10.8. The van der Waals surface area contributed by atoms with Gasteiger partial charge >= 0.3 is 39.0 Å². The van der Waals surface area contributed by atoms with Crippen molar-refractivity contribution in [2.24, 2.45) is 0 Å². The van der Waals surface area contributed by atoms with Crippen LogP contribution in [0.2, 0.25) is 0 Å². The van der Waals surface area contributed by atoms with Crippen molar-refractivity contribution in [1.29, 1.82) is 0 Å². The maximum Gasteiger partial charge on any atom is 2.00 e. The Morgan fingerprint density at radius 3 is 0.533 bits per heavy atom. The molecule has 0 aromatic carbocycles. The van der Waals surface area contributed by atoms with Crippen molar-refractivity contribution in [2.45, 2.75) is 27.7 Å². The molecule has 5 nitrogen and oxygen atoms in total. The smallest absolute Gasteiger partial charge is 0.542 e. The fraction of sp³-hybridized carbons (Fsp3) is 0.500. The molecule has 0 amide bonds. The number of carbonyl (C=O) groups excluding carboxylic acids is 4. The second-order valence-corrected chi connectivity index (χ2v) is 0.816. The second-order valence-electron chi connectivity index (χ2n) is 0.816. The molecule has 0 bridgehead atoms. The van der Waals surface area contributed by atoms with Crippen molar-refractivity contribution in [3.63, 3.8) is 0 Å². The van der Waals surface area contributed by atoms with E-state index in [1.54, 1.807) is 0 Å². The van der Waals surface area contributed by atoms with Gasteiger partial charge in [0.2, 0.25) is 0 Å². The first-order valence-electron chi connectivity index (χ1n) is 2.82. The van der Waals surface area contributed by atoms with E-state index in [1.807, 2.05) is 0 Å². The zero-order valence-corrected chi connectivity index (χ0v) is 12.1. The molecule has 2 N–H and O–H groups in total. The minimum absolute atomic E-state index is 0. The molecule has 0 rings (SSSR count). The van der Waals surface area contributed by atoms with Crippen molar-refractivity contribution in [1.82, 2.24) is 0 Å². The summed E-state index contributed by atoms with van der Waals surface area (Å²) in [6, 6.07) is 0. The van der Waals surface area contributed by atoms with Crippen LogP contribution >= 0.6 is 0 Å². The van der Waals surface area contributed by atoms with E-state index in [0.717, 1.165) is 0 Å². The Morgan fingerprint density at radius 2 is 0.533 bits per heavy atom. The van der Waals surface area contributed by atoms with E-state index >= 15 is 0 Å². The van der Waals surface area contributed by atoms with E-state index in [4.69, 9.17) is 19.2 Å². The van der Waals surface area contributed by atoms with Crippen molar-refractivity contribution >= 4 is 25.1 Å². The predicted octanol–water partition coefficient (Wildman–Crippen LogP) is -0.366. The summed E-state index contributed by atoms with van der Waals surface area (Å²) < 4.78 is 0. The third-order valence-corrected chi connectivity index (χ3v) is 0. The summed E-state index contributed by atoms with van der Waals surface area (Å²) in [6.45, 7) is 5.28. The largest absolute Gasteiger partial charge is 2.00 e. The van der Waals surface area contributed by atoms with Gasteiger partial charge in [-0.3, -0.25) is 25.1 Å². The maximum absolute atomic E-state index is 8.68. The van der Waals surface area contributed by atoms with Gasteiger partial charge in [-0.15, -0.1) is 0 Å². The molecule has 0 saturated heterocycles. The van der Waals surface area contributed by atoms with E-state index in [2.05, 4.69) is 0 Å². The van der Waals surface area contributed by atoms with E-state index in [9.17, 15) is 0 Å². The summed E-state index contributed by atoms with van der Waals surface area (Å²) in [7, 11) is 0. The molecule has 0 fully saturated rings. The molecule has 0 aliphatic rings. The second kappa shape index (κ2) is 153. The third-order valence-electron chi connectivity index (χ3n) is 0. The molecule has 0 unspecified atom stereocenters. The fourth-order valence-corrected chi connectivity index (χ4v) is 0. The topological polar surface area (TPSA) is 99.8 Å². The maximum atomic E-state index is 8.68. The van der Waals surface area contributed by atoms with Crippen LogP contribution in [0.25, 0.3) is 0 Å². The van der Waals surface area contributed by atoms with Gasteiger partial charge in [0.15, 0.2) is 0 Å². The predicted molar refractivity (Wildman–Crippen MR) is 49.1 cm³/mol. The summed E-state index contributed by atoms with van der Waals surface area (Å²) in [5.74, 6) is 0. The molecule has 0 aromatic heterocycles. The van der Waals surface area contributed by atoms with Crippen LogP contribution in [0.3, 0.4) is 0 Å². The van der Waals surface area contributed by atoms with Crippen LogP contribution in [0.1, 0.15) is 27.7 Å². The van der Waals surface area contributed by atoms with Gasteiger partial charge in [0.05, 0.1) is 0 Å². The molecule has 0 saturated carbocycles. The summed E-state index contributed by atoms with van der Waals surface area (Å²) in [4.78, 5) is 34.7. The zero-order valence-electron chi connectivity index (χ0n) is 8.80. The van der Waals surface area contributed by atoms with Gasteiger partial charge in [0.1, 0.15) is 0 Å². The van der Waals surface area contributed by atoms with Gasteiger partial charge in [-0.2, -0.15) is 27.7 Å². The van der Waals surface area contributed by atoms with Crippen LogP contribution in [0.15, 0.2) is 0 Å². The Bertz CT molecular complexity index is 75.0. The molecule has 0 atom stereocenters. The van der Waals surface area contributed by atoms with Crippen LogP contribution in [-0.2, 0) is 58.1 Å². The van der Waals surface area contributed by atoms with Crippen molar-refractivity contribution in [3.8, 4) is 0 Å². The number of rotatable bonds is 0. The van der Waals surface area contributed by atoms with Crippen LogP contribution in [0.4, 0.5) is 0 Å². The number of hydrogen-bond donors (Lipinski definition) is 0. The third kappa shape index (κ3) is 153000. The Labute approximate surface area is 116 Å². The summed E-state index contributed by atoms with van der Waals surface area (Å²) in [5.41, 5.74) is 0. The first kappa shape index (κ1) is 46.2. The molecule has 0 aliphatic carbocycles. The van der Waals surface area contributed by atoms with Crippen molar-refractivity contribution in [3.05, 3.63) is 0 Å². The van der Waals surface area contributed by atoms with E-state index in [1.165, 1.54) is 52.8 Å². The monoisotopic (exact) mass is 396 g/mol. The van der Waals surface area contributed by atoms with E-state index < -0.39 is 0 Å². The molecule has 15 heavy (non-hydrogen) atoms. The first-order chi connectivity index (χ1) is 5.66. The van der Waals surface area contributed by atoms with Gasteiger partial charge in [0.25, 0.3) is 0 Å². The minimum atomic E-state index is 0. The van der Waals surface area contributed by atoms with Gasteiger partial charge in [-0.25, -0.2) is 0 Å². The molecule has 0 aliphatic heterocycles. The van der Waals surface area contributed by atoms with Gasteiger partial charge in [-0.1, -0.05) is 0 Å². The van der Waals surface area contributed by atoms with E-state index in [-0.39, 0.29) is 44.4 Å².